The first-order chi connectivity index (χ1) is 19.0. The predicted molar refractivity (Wildman–Crippen MR) is 147 cm³/mol. The minimum Gasteiger partial charge on any atom is -0.497 e. The molecule has 1 heterocycles. The highest BCUT2D eigenvalue weighted by atomic mass is 16.5. The first-order valence-corrected chi connectivity index (χ1v) is 13.3. The summed E-state index contributed by atoms with van der Waals surface area (Å²) in [5.41, 5.74) is 1.80. The molecular weight excluding hydrogens is 496 g/mol. The highest BCUT2D eigenvalue weighted by molar-refractivity contribution is 5.96. The van der Waals surface area contributed by atoms with Crippen molar-refractivity contribution < 1.29 is 23.8 Å². The van der Waals surface area contributed by atoms with Crippen LogP contribution in [-0.2, 0) is 11.2 Å². The highest BCUT2D eigenvalue weighted by Gasteiger charge is 2.34. The maximum Gasteiger partial charge on any atom is 0.275 e. The second kappa shape index (κ2) is 13.6. The van der Waals surface area contributed by atoms with Gasteiger partial charge in [0, 0.05) is 25.0 Å². The zero-order chi connectivity index (χ0) is 27.6. The standard InChI is InChI=1S/C30H36N4O5/c1-37-24-12-10-22(11-13-24)28(29(35)33-23-7-5-4-6-8-23)34(30(36)25-20-31-16-17-32-25)18-15-21-9-14-26(38-2)27(19-21)39-3/h9-14,16-17,19-20,23,28H,4-8,15,18H2,1-3H3,(H,33,35). The molecule has 9 nitrogen and oxygen atoms in total. The van der Waals surface area contributed by atoms with Crippen molar-refractivity contribution in [3.05, 3.63) is 77.9 Å². The van der Waals surface area contributed by atoms with Gasteiger partial charge in [0.1, 0.15) is 17.5 Å². The summed E-state index contributed by atoms with van der Waals surface area (Å²) in [5.74, 6) is 1.31. The minimum absolute atomic E-state index is 0.0892. The molecule has 1 fully saturated rings. The van der Waals surface area contributed by atoms with Crippen molar-refractivity contribution in [2.75, 3.05) is 27.9 Å². The van der Waals surface area contributed by atoms with E-state index in [0.29, 0.717) is 29.2 Å². The molecule has 1 N–H and O–H groups in total. The fraction of sp³-hybridized carbons (Fsp3) is 0.400. The van der Waals surface area contributed by atoms with Gasteiger partial charge >= 0.3 is 0 Å². The average molecular weight is 533 g/mol. The summed E-state index contributed by atoms with van der Waals surface area (Å²) in [4.78, 5) is 37.7. The van der Waals surface area contributed by atoms with E-state index in [-0.39, 0.29) is 30.1 Å². The number of ether oxygens (including phenoxy) is 3. The Labute approximate surface area is 229 Å². The molecule has 0 saturated heterocycles. The highest BCUT2D eigenvalue weighted by Crippen LogP contribution is 2.30. The van der Waals surface area contributed by atoms with Crippen molar-refractivity contribution >= 4 is 11.8 Å². The lowest BCUT2D eigenvalue weighted by molar-refractivity contribution is -0.126. The lowest BCUT2D eigenvalue weighted by Gasteiger charge is -2.33. The van der Waals surface area contributed by atoms with Gasteiger partial charge in [-0.15, -0.1) is 0 Å². The summed E-state index contributed by atoms with van der Waals surface area (Å²) in [7, 11) is 4.76. The average Bonchev–Trinajstić information content (AvgIpc) is 2.99. The van der Waals surface area contributed by atoms with Gasteiger partial charge < -0.3 is 24.4 Å². The minimum atomic E-state index is -0.868. The molecule has 1 saturated carbocycles. The Hall–Kier alpha value is -4.14. The summed E-state index contributed by atoms with van der Waals surface area (Å²) in [5, 5.41) is 3.23. The van der Waals surface area contributed by atoms with Gasteiger partial charge in [0.05, 0.1) is 27.5 Å². The van der Waals surface area contributed by atoms with Crippen LogP contribution < -0.4 is 19.5 Å². The smallest absolute Gasteiger partial charge is 0.275 e. The molecular formula is C30H36N4O5. The quantitative estimate of drug-likeness (QED) is 0.391. The first-order valence-electron chi connectivity index (χ1n) is 13.3. The second-order valence-electron chi connectivity index (χ2n) is 9.55. The molecule has 0 radical (unpaired) electrons. The molecule has 9 heteroatoms. The molecule has 2 aromatic carbocycles. The molecule has 2 amide bonds. The van der Waals surface area contributed by atoms with E-state index >= 15 is 0 Å². The maximum atomic E-state index is 13.9. The summed E-state index contributed by atoms with van der Waals surface area (Å²) in [6.45, 7) is 0.264. The van der Waals surface area contributed by atoms with E-state index in [1.807, 2.05) is 30.3 Å². The number of methoxy groups -OCH3 is 3. The first kappa shape index (κ1) is 27.9. The van der Waals surface area contributed by atoms with Crippen LogP contribution in [0.4, 0.5) is 0 Å². The van der Waals surface area contributed by atoms with E-state index in [1.165, 1.54) is 25.0 Å². The number of hydrogen-bond donors (Lipinski definition) is 1. The number of aromatic nitrogens is 2. The number of rotatable bonds is 11. The van der Waals surface area contributed by atoms with Gasteiger partial charge in [-0.05, 0) is 54.7 Å². The maximum absolute atomic E-state index is 13.9. The Kier molecular flexibility index (Phi) is 9.72. The third kappa shape index (κ3) is 7.04. The normalized spacial score (nSPS) is 14.2. The second-order valence-corrected chi connectivity index (χ2v) is 9.55. The van der Waals surface area contributed by atoms with E-state index in [0.717, 1.165) is 31.2 Å². The molecule has 39 heavy (non-hydrogen) atoms. The summed E-state index contributed by atoms with van der Waals surface area (Å²) in [6.07, 6.45) is 10.1. The van der Waals surface area contributed by atoms with Crippen molar-refractivity contribution in [3.63, 3.8) is 0 Å². The van der Waals surface area contributed by atoms with E-state index in [9.17, 15) is 9.59 Å². The van der Waals surface area contributed by atoms with Crippen molar-refractivity contribution in [2.45, 2.75) is 50.6 Å². The third-order valence-electron chi connectivity index (χ3n) is 7.08. The molecule has 1 aliphatic rings. The third-order valence-corrected chi connectivity index (χ3v) is 7.08. The Balaban J connectivity index is 1.70. The van der Waals surface area contributed by atoms with Crippen LogP contribution in [0.5, 0.6) is 17.2 Å². The Morgan fingerprint density at radius 1 is 0.949 bits per heavy atom. The number of nitrogens with zero attached hydrogens (tertiary/aromatic N) is 3. The Morgan fingerprint density at radius 2 is 1.69 bits per heavy atom. The summed E-state index contributed by atoms with van der Waals surface area (Å²) in [6, 6.07) is 12.1. The SMILES string of the molecule is COc1ccc(C(C(=O)NC2CCCCC2)N(CCc2ccc(OC)c(OC)c2)C(=O)c2cnccn2)cc1. The number of benzene rings is 2. The van der Waals surface area contributed by atoms with Gasteiger partial charge in [0.2, 0.25) is 5.91 Å². The van der Waals surface area contributed by atoms with Crippen molar-refractivity contribution in [1.82, 2.24) is 20.2 Å². The Bertz CT molecular complexity index is 1230. The Morgan fingerprint density at radius 3 is 2.33 bits per heavy atom. The van der Waals surface area contributed by atoms with Crippen LogP contribution in [0.25, 0.3) is 0 Å². The van der Waals surface area contributed by atoms with Crippen LogP contribution in [0.2, 0.25) is 0 Å². The molecule has 0 spiro atoms. The molecule has 1 atom stereocenters. The lowest BCUT2D eigenvalue weighted by Crippen LogP contribution is -2.47. The van der Waals surface area contributed by atoms with Gasteiger partial charge in [-0.1, -0.05) is 37.5 Å². The van der Waals surface area contributed by atoms with E-state index in [1.54, 1.807) is 38.4 Å². The fourth-order valence-electron chi connectivity index (χ4n) is 4.98. The molecule has 3 aromatic rings. The van der Waals surface area contributed by atoms with Crippen LogP contribution in [0.1, 0.15) is 59.8 Å². The topological polar surface area (TPSA) is 103 Å². The number of hydrogen-bond acceptors (Lipinski definition) is 7. The number of carbonyl (C=O) groups excluding carboxylic acids is 2. The zero-order valence-electron chi connectivity index (χ0n) is 22.8. The van der Waals surface area contributed by atoms with Gasteiger partial charge in [0.25, 0.3) is 5.91 Å². The van der Waals surface area contributed by atoms with Gasteiger partial charge in [-0.3, -0.25) is 14.6 Å². The van der Waals surface area contributed by atoms with Gasteiger partial charge in [-0.2, -0.15) is 0 Å². The molecule has 4 rings (SSSR count). The number of nitrogens with one attached hydrogen (secondary N) is 1. The predicted octanol–water partition coefficient (Wildman–Crippen LogP) is 4.38. The molecule has 0 aliphatic heterocycles. The van der Waals surface area contributed by atoms with Crippen molar-refractivity contribution in [2.24, 2.45) is 0 Å². The summed E-state index contributed by atoms with van der Waals surface area (Å²) >= 11 is 0. The largest absolute Gasteiger partial charge is 0.497 e. The molecule has 206 valence electrons. The molecule has 1 aromatic heterocycles. The molecule has 0 bridgehead atoms. The van der Waals surface area contributed by atoms with Crippen LogP contribution in [0, 0.1) is 0 Å². The van der Waals surface area contributed by atoms with Crippen molar-refractivity contribution in [1.29, 1.82) is 0 Å². The van der Waals surface area contributed by atoms with E-state index in [4.69, 9.17) is 14.2 Å². The molecule has 1 aliphatic carbocycles. The number of amides is 2. The van der Waals surface area contributed by atoms with Crippen LogP contribution >= 0.6 is 0 Å². The monoisotopic (exact) mass is 532 g/mol. The number of carbonyl (C=O) groups is 2. The van der Waals surface area contributed by atoms with Gasteiger partial charge in [0.15, 0.2) is 11.5 Å². The van der Waals surface area contributed by atoms with Gasteiger partial charge in [-0.25, -0.2) is 4.98 Å². The molecule has 1 unspecified atom stereocenters. The zero-order valence-corrected chi connectivity index (χ0v) is 22.8. The van der Waals surface area contributed by atoms with E-state index in [2.05, 4.69) is 15.3 Å². The van der Waals surface area contributed by atoms with Crippen LogP contribution in [0.15, 0.2) is 61.1 Å². The fourth-order valence-corrected chi connectivity index (χ4v) is 4.98. The lowest BCUT2D eigenvalue weighted by atomic mass is 9.94. The summed E-state index contributed by atoms with van der Waals surface area (Å²) < 4.78 is 16.2. The van der Waals surface area contributed by atoms with Crippen LogP contribution in [-0.4, -0.2) is 60.6 Å². The van der Waals surface area contributed by atoms with Crippen molar-refractivity contribution in [3.8, 4) is 17.2 Å². The van der Waals surface area contributed by atoms with E-state index < -0.39 is 6.04 Å². The van der Waals surface area contributed by atoms with Crippen LogP contribution in [0.3, 0.4) is 0 Å².